The van der Waals surface area contributed by atoms with Crippen molar-refractivity contribution < 1.29 is 9.59 Å². The lowest BCUT2D eigenvalue weighted by Gasteiger charge is -2.23. The van der Waals surface area contributed by atoms with Crippen LogP contribution in [0.25, 0.3) is 0 Å². The van der Waals surface area contributed by atoms with Crippen LogP contribution < -0.4 is 5.73 Å². The molecule has 0 bridgehead atoms. The maximum absolute atomic E-state index is 12.7. The fraction of sp³-hybridized carbons (Fsp3) is 0.643. The second kappa shape index (κ2) is 6.26. The summed E-state index contributed by atoms with van der Waals surface area (Å²) in [6, 6.07) is 1.83. The predicted molar refractivity (Wildman–Crippen MR) is 78.7 cm³/mol. The maximum Gasteiger partial charge on any atom is 0.272 e. The third-order valence-electron chi connectivity index (χ3n) is 3.79. The number of nitrogens with two attached hydrogens (primary N) is 1. The Morgan fingerprint density at radius 1 is 1.33 bits per heavy atom. The molecule has 2 rings (SSSR count). The molecule has 0 saturated carbocycles. The predicted octanol–water partition coefficient (Wildman–Crippen LogP) is -0.0469. The largest absolute Gasteiger partial charge is 0.369 e. The summed E-state index contributed by atoms with van der Waals surface area (Å²) in [4.78, 5) is 28.0. The van der Waals surface area contributed by atoms with Crippen molar-refractivity contribution in [1.82, 2.24) is 19.6 Å². The monoisotopic (exact) mass is 293 g/mol. The SMILES string of the molecule is CC(C)n1nccc1C(=O)N1CCN(C)CC(C(N)=O)C1. The summed E-state index contributed by atoms with van der Waals surface area (Å²) in [6.45, 7) is 6.22. The van der Waals surface area contributed by atoms with Gasteiger partial charge in [0.25, 0.3) is 5.91 Å². The molecule has 2 heterocycles. The second-order valence-electron chi connectivity index (χ2n) is 5.87. The molecule has 1 aromatic heterocycles. The molecule has 1 atom stereocenters. The third kappa shape index (κ3) is 3.41. The molecule has 1 unspecified atom stereocenters. The molecule has 2 amide bonds. The number of amides is 2. The highest BCUT2D eigenvalue weighted by atomic mass is 16.2. The fourth-order valence-corrected chi connectivity index (χ4v) is 2.60. The molecule has 1 fully saturated rings. The van der Waals surface area contributed by atoms with Gasteiger partial charge < -0.3 is 15.5 Å². The topological polar surface area (TPSA) is 84.5 Å². The van der Waals surface area contributed by atoms with Crippen LogP contribution in [0.5, 0.6) is 0 Å². The molecule has 0 aliphatic carbocycles. The summed E-state index contributed by atoms with van der Waals surface area (Å²) in [5.74, 6) is -0.793. The number of hydrogen-bond acceptors (Lipinski definition) is 4. The van der Waals surface area contributed by atoms with E-state index in [1.165, 1.54) is 0 Å². The number of likely N-dealkylation sites (N-methyl/N-ethyl adjacent to an activating group) is 1. The van der Waals surface area contributed by atoms with Crippen LogP contribution in [0, 0.1) is 5.92 Å². The number of aromatic nitrogens is 2. The Labute approximate surface area is 124 Å². The number of primary amides is 1. The average Bonchev–Trinajstić information content (AvgIpc) is 2.82. The van der Waals surface area contributed by atoms with Crippen molar-refractivity contribution in [3.63, 3.8) is 0 Å². The molecule has 0 radical (unpaired) electrons. The van der Waals surface area contributed by atoms with Crippen molar-refractivity contribution in [2.75, 3.05) is 33.2 Å². The van der Waals surface area contributed by atoms with Gasteiger partial charge in [-0.25, -0.2) is 0 Å². The van der Waals surface area contributed by atoms with Crippen LogP contribution in [0.3, 0.4) is 0 Å². The summed E-state index contributed by atoms with van der Waals surface area (Å²) < 4.78 is 1.70. The minimum atomic E-state index is -0.362. The lowest BCUT2D eigenvalue weighted by molar-refractivity contribution is -0.122. The van der Waals surface area contributed by atoms with Gasteiger partial charge in [-0.2, -0.15) is 5.10 Å². The van der Waals surface area contributed by atoms with Gasteiger partial charge in [-0.1, -0.05) is 0 Å². The van der Waals surface area contributed by atoms with Crippen molar-refractivity contribution >= 4 is 11.8 Å². The average molecular weight is 293 g/mol. The highest BCUT2D eigenvalue weighted by molar-refractivity contribution is 5.93. The molecular weight excluding hydrogens is 270 g/mol. The summed E-state index contributed by atoms with van der Waals surface area (Å²) in [5, 5.41) is 4.19. The summed E-state index contributed by atoms with van der Waals surface area (Å²) in [7, 11) is 1.93. The van der Waals surface area contributed by atoms with Gasteiger partial charge in [-0.05, 0) is 27.0 Å². The van der Waals surface area contributed by atoms with E-state index in [0.717, 1.165) is 6.54 Å². The Morgan fingerprint density at radius 2 is 2.05 bits per heavy atom. The van der Waals surface area contributed by atoms with Crippen LogP contribution in [-0.4, -0.2) is 64.6 Å². The zero-order valence-corrected chi connectivity index (χ0v) is 12.8. The molecule has 1 aromatic rings. The van der Waals surface area contributed by atoms with Crippen LogP contribution in [0.15, 0.2) is 12.3 Å². The van der Waals surface area contributed by atoms with E-state index in [1.807, 2.05) is 25.8 Å². The van der Waals surface area contributed by atoms with Crippen LogP contribution in [0.1, 0.15) is 30.4 Å². The molecule has 116 valence electrons. The zero-order chi connectivity index (χ0) is 15.6. The minimum absolute atomic E-state index is 0.0947. The van der Waals surface area contributed by atoms with Crippen molar-refractivity contribution in [3.8, 4) is 0 Å². The lowest BCUT2D eigenvalue weighted by atomic mass is 10.1. The first kappa shape index (κ1) is 15.5. The standard InChI is InChI=1S/C14H23N5O2/c1-10(2)19-12(4-5-16-19)14(21)18-7-6-17(3)8-11(9-18)13(15)20/h4-5,10-11H,6-9H2,1-3H3,(H2,15,20). The molecule has 0 spiro atoms. The van der Waals surface area contributed by atoms with Crippen LogP contribution in [0.2, 0.25) is 0 Å². The molecule has 7 nitrogen and oxygen atoms in total. The van der Waals surface area contributed by atoms with Crippen molar-refractivity contribution in [3.05, 3.63) is 18.0 Å². The zero-order valence-electron chi connectivity index (χ0n) is 12.8. The van der Waals surface area contributed by atoms with E-state index in [0.29, 0.717) is 25.3 Å². The fourth-order valence-electron chi connectivity index (χ4n) is 2.60. The quantitative estimate of drug-likeness (QED) is 0.847. The Morgan fingerprint density at radius 3 is 2.67 bits per heavy atom. The van der Waals surface area contributed by atoms with Gasteiger partial charge in [0.05, 0.1) is 5.92 Å². The first-order valence-electron chi connectivity index (χ1n) is 7.20. The molecule has 21 heavy (non-hydrogen) atoms. The molecule has 2 N–H and O–H groups in total. The summed E-state index contributed by atoms with van der Waals surface area (Å²) in [5.41, 5.74) is 5.99. The molecular formula is C14H23N5O2. The number of carbonyl (C=O) groups is 2. The normalized spacial score (nSPS) is 20.6. The first-order valence-corrected chi connectivity index (χ1v) is 7.20. The number of nitrogens with zero attached hydrogens (tertiary/aromatic N) is 4. The Bertz CT molecular complexity index is 525. The van der Waals surface area contributed by atoms with E-state index >= 15 is 0 Å². The van der Waals surface area contributed by atoms with Crippen molar-refractivity contribution in [1.29, 1.82) is 0 Å². The molecule has 1 aliphatic rings. The molecule has 1 aliphatic heterocycles. The number of carbonyl (C=O) groups excluding carboxylic acids is 2. The van der Waals surface area contributed by atoms with Gasteiger partial charge in [0.1, 0.15) is 5.69 Å². The van der Waals surface area contributed by atoms with E-state index in [9.17, 15) is 9.59 Å². The van der Waals surface area contributed by atoms with E-state index in [4.69, 9.17) is 5.73 Å². The highest BCUT2D eigenvalue weighted by Gasteiger charge is 2.29. The lowest BCUT2D eigenvalue weighted by Crippen LogP contribution is -2.41. The van der Waals surface area contributed by atoms with Gasteiger partial charge in [0.2, 0.25) is 5.91 Å². The summed E-state index contributed by atoms with van der Waals surface area (Å²) in [6.07, 6.45) is 1.63. The first-order chi connectivity index (χ1) is 9.90. The van der Waals surface area contributed by atoms with E-state index in [-0.39, 0.29) is 23.8 Å². The van der Waals surface area contributed by atoms with Crippen LogP contribution in [0.4, 0.5) is 0 Å². The van der Waals surface area contributed by atoms with E-state index in [1.54, 1.807) is 21.8 Å². The second-order valence-corrected chi connectivity index (χ2v) is 5.87. The molecule has 0 aromatic carbocycles. The third-order valence-corrected chi connectivity index (χ3v) is 3.79. The van der Waals surface area contributed by atoms with Gasteiger partial charge in [-0.15, -0.1) is 0 Å². The minimum Gasteiger partial charge on any atom is -0.369 e. The van der Waals surface area contributed by atoms with Gasteiger partial charge in [0, 0.05) is 38.4 Å². The smallest absolute Gasteiger partial charge is 0.272 e. The van der Waals surface area contributed by atoms with E-state index in [2.05, 4.69) is 5.10 Å². The Hall–Kier alpha value is -1.89. The van der Waals surface area contributed by atoms with Crippen LogP contribution in [-0.2, 0) is 4.79 Å². The summed E-state index contributed by atoms with van der Waals surface area (Å²) >= 11 is 0. The Balaban J connectivity index is 2.21. The Kier molecular flexibility index (Phi) is 4.62. The number of rotatable bonds is 3. The maximum atomic E-state index is 12.7. The van der Waals surface area contributed by atoms with Gasteiger partial charge in [-0.3, -0.25) is 14.3 Å². The van der Waals surface area contributed by atoms with Gasteiger partial charge in [0.15, 0.2) is 0 Å². The molecule has 1 saturated heterocycles. The highest BCUT2D eigenvalue weighted by Crippen LogP contribution is 2.14. The molecule has 7 heteroatoms. The van der Waals surface area contributed by atoms with Crippen molar-refractivity contribution in [2.24, 2.45) is 11.7 Å². The van der Waals surface area contributed by atoms with Crippen molar-refractivity contribution in [2.45, 2.75) is 19.9 Å². The number of hydrogen-bond donors (Lipinski definition) is 1. The van der Waals surface area contributed by atoms with E-state index < -0.39 is 0 Å². The van der Waals surface area contributed by atoms with Crippen LogP contribution >= 0.6 is 0 Å². The van der Waals surface area contributed by atoms with Gasteiger partial charge >= 0.3 is 0 Å².